The number of amides is 2. The molecule has 2 amide bonds. The Balaban J connectivity index is 1.77. The van der Waals surface area contributed by atoms with Crippen LogP contribution in [0.5, 0.6) is 0 Å². The van der Waals surface area contributed by atoms with Gasteiger partial charge >= 0.3 is 6.09 Å². The molecule has 0 atom stereocenters. The van der Waals surface area contributed by atoms with Crippen LogP contribution in [0.15, 0.2) is 48.8 Å². The summed E-state index contributed by atoms with van der Waals surface area (Å²) in [7, 11) is 3.49. The summed E-state index contributed by atoms with van der Waals surface area (Å²) in [5, 5.41) is 21.8. The summed E-state index contributed by atoms with van der Waals surface area (Å²) < 4.78 is 1.50. The number of rotatable bonds is 7. The van der Waals surface area contributed by atoms with E-state index in [-0.39, 0.29) is 11.4 Å². The second-order valence-corrected chi connectivity index (χ2v) is 7.13. The van der Waals surface area contributed by atoms with Crippen molar-refractivity contribution in [1.29, 1.82) is 0 Å². The van der Waals surface area contributed by atoms with E-state index >= 15 is 0 Å². The van der Waals surface area contributed by atoms with Crippen molar-refractivity contribution in [2.45, 2.75) is 6.42 Å². The van der Waals surface area contributed by atoms with Crippen molar-refractivity contribution in [2.75, 3.05) is 29.6 Å². The maximum absolute atomic E-state index is 12.6. The SMILES string of the molecule is CN(C)c1cc(NC(=O)O)c(NC(=O)CC(=O)c2cccc(-n3ccnn3)c2)cc1Cl. The maximum Gasteiger partial charge on any atom is 0.409 e. The Hall–Kier alpha value is -3.92. The Morgan fingerprint density at radius 2 is 1.87 bits per heavy atom. The lowest BCUT2D eigenvalue weighted by Gasteiger charge is -2.19. The molecule has 1 aromatic heterocycles. The van der Waals surface area contributed by atoms with Crippen LogP contribution in [0.25, 0.3) is 5.69 Å². The normalized spacial score (nSPS) is 10.4. The zero-order chi connectivity index (χ0) is 22.5. The first-order valence-electron chi connectivity index (χ1n) is 9.05. The Bertz CT molecular complexity index is 1130. The summed E-state index contributed by atoms with van der Waals surface area (Å²) in [5.74, 6) is -1.03. The van der Waals surface area contributed by atoms with Crippen LogP contribution in [0.4, 0.5) is 21.9 Å². The standard InChI is InChI=1S/C20H19ClN6O4/c1-26(2)17-10-16(24-20(30)31)15(9-14(17)21)23-19(29)11-18(28)12-4-3-5-13(8-12)27-7-6-22-25-27/h3-10,24H,11H2,1-2H3,(H,23,29)(H,30,31). The molecule has 160 valence electrons. The fraction of sp³-hybridized carbons (Fsp3) is 0.150. The van der Waals surface area contributed by atoms with E-state index in [1.165, 1.54) is 23.0 Å². The van der Waals surface area contributed by atoms with Gasteiger partial charge in [-0.3, -0.25) is 14.9 Å². The van der Waals surface area contributed by atoms with Gasteiger partial charge < -0.3 is 15.3 Å². The van der Waals surface area contributed by atoms with Crippen LogP contribution >= 0.6 is 11.6 Å². The lowest BCUT2D eigenvalue weighted by molar-refractivity contribution is -0.115. The number of nitrogens with zero attached hydrogens (tertiary/aromatic N) is 4. The zero-order valence-electron chi connectivity index (χ0n) is 16.7. The highest BCUT2D eigenvalue weighted by molar-refractivity contribution is 6.34. The van der Waals surface area contributed by atoms with Gasteiger partial charge in [-0.25, -0.2) is 9.48 Å². The highest BCUT2D eigenvalue weighted by Crippen LogP contribution is 2.34. The predicted molar refractivity (Wildman–Crippen MR) is 116 cm³/mol. The molecule has 0 radical (unpaired) electrons. The summed E-state index contributed by atoms with van der Waals surface area (Å²) >= 11 is 6.24. The number of ketones is 1. The predicted octanol–water partition coefficient (Wildman–Crippen LogP) is 3.29. The average molecular weight is 443 g/mol. The minimum atomic E-state index is -1.30. The van der Waals surface area contributed by atoms with Gasteiger partial charge in [-0.1, -0.05) is 28.9 Å². The van der Waals surface area contributed by atoms with Gasteiger partial charge in [-0.15, -0.1) is 5.10 Å². The number of aromatic nitrogens is 3. The van der Waals surface area contributed by atoms with Crippen molar-refractivity contribution in [3.63, 3.8) is 0 Å². The van der Waals surface area contributed by atoms with Crippen LogP contribution < -0.4 is 15.5 Å². The van der Waals surface area contributed by atoms with E-state index in [1.807, 2.05) is 0 Å². The molecule has 0 unspecified atom stereocenters. The molecule has 0 bridgehead atoms. The number of anilines is 3. The summed E-state index contributed by atoms with van der Waals surface area (Å²) in [6, 6.07) is 9.55. The largest absolute Gasteiger partial charge is 0.465 e. The summed E-state index contributed by atoms with van der Waals surface area (Å²) in [5.41, 5.74) is 1.79. The van der Waals surface area contributed by atoms with Gasteiger partial charge in [0.2, 0.25) is 5.91 Å². The van der Waals surface area contributed by atoms with E-state index in [9.17, 15) is 14.4 Å². The number of carboxylic acid groups (broad SMARTS) is 1. The van der Waals surface area contributed by atoms with Crippen molar-refractivity contribution in [1.82, 2.24) is 15.0 Å². The topological polar surface area (TPSA) is 129 Å². The molecule has 0 spiro atoms. The Morgan fingerprint density at radius 3 is 2.52 bits per heavy atom. The van der Waals surface area contributed by atoms with E-state index < -0.39 is 24.2 Å². The first kappa shape index (κ1) is 21.8. The third-order valence-electron chi connectivity index (χ3n) is 4.26. The summed E-state index contributed by atoms with van der Waals surface area (Å²) in [4.78, 5) is 37.9. The Kier molecular flexibility index (Phi) is 6.51. The van der Waals surface area contributed by atoms with Gasteiger partial charge in [0.25, 0.3) is 0 Å². The van der Waals surface area contributed by atoms with Crippen molar-refractivity contribution in [2.24, 2.45) is 0 Å². The number of halogens is 1. The molecule has 0 saturated heterocycles. The van der Waals surface area contributed by atoms with Crippen molar-refractivity contribution in [3.05, 3.63) is 59.4 Å². The number of nitrogens with one attached hydrogen (secondary N) is 2. The van der Waals surface area contributed by atoms with Crippen LogP contribution in [0.1, 0.15) is 16.8 Å². The van der Waals surface area contributed by atoms with E-state index in [2.05, 4.69) is 20.9 Å². The Morgan fingerprint density at radius 1 is 1.13 bits per heavy atom. The fourth-order valence-corrected chi connectivity index (χ4v) is 3.17. The minimum Gasteiger partial charge on any atom is -0.465 e. The monoisotopic (exact) mass is 442 g/mol. The molecule has 10 nitrogen and oxygen atoms in total. The van der Waals surface area contributed by atoms with Gasteiger partial charge in [0.15, 0.2) is 5.78 Å². The van der Waals surface area contributed by atoms with Gasteiger partial charge in [0, 0.05) is 19.7 Å². The second-order valence-electron chi connectivity index (χ2n) is 6.72. The number of carbonyl (C=O) groups is 3. The van der Waals surface area contributed by atoms with Crippen molar-refractivity contribution in [3.8, 4) is 5.69 Å². The highest BCUT2D eigenvalue weighted by Gasteiger charge is 2.17. The molecule has 11 heteroatoms. The highest BCUT2D eigenvalue weighted by atomic mass is 35.5. The van der Waals surface area contributed by atoms with E-state index in [1.54, 1.807) is 49.5 Å². The first-order valence-corrected chi connectivity index (χ1v) is 9.43. The number of Topliss-reactive ketones (excluding diaryl/α,β-unsaturated/α-hetero) is 1. The molecule has 31 heavy (non-hydrogen) atoms. The lowest BCUT2D eigenvalue weighted by atomic mass is 10.1. The van der Waals surface area contributed by atoms with Crippen LogP contribution in [0.2, 0.25) is 5.02 Å². The van der Waals surface area contributed by atoms with E-state index in [4.69, 9.17) is 16.7 Å². The zero-order valence-corrected chi connectivity index (χ0v) is 17.4. The molecule has 0 aliphatic heterocycles. The quantitative estimate of drug-likeness (QED) is 0.378. The van der Waals surface area contributed by atoms with Gasteiger partial charge in [-0.2, -0.15) is 0 Å². The minimum absolute atomic E-state index is 0.134. The van der Waals surface area contributed by atoms with E-state index in [0.717, 1.165) is 0 Å². The smallest absolute Gasteiger partial charge is 0.409 e. The molecule has 0 saturated carbocycles. The maximum atomic E-state index is 12.6. The lowest BCUT2D eigenvalue weighted by Crippen LogP contribution is -2.19. The summed E-state index contributed by atoms with van der Waals surface area (Å²) in [6.07, 6.45) is 1.40. The van der Waals surface area contributed by atoms with E-state index in [0.29, 0.717) is 22.0 Å². The molecular weight excluding hydrogens is 424 g/mol. The van der Waals surface area contributed by atoms with Crippen LogP contribution in [-0.4, -0.2) is 52.0 Å². The molecule has 3 N–H and O–H groups in total. The average Bonchev–Trinajstić information content (AvgIpc) is 3.24. The molecular formula is C20H19ClN6O4. The molecule has 1 heterocycles. The number of benzene rings is 2. The van der Waals surface area contributed by atoms with Gasteiger partial charge in [0.05, 0.1) is 46.6 Å². The third-order valence-corrected chi connectivity index (χ3v) is 4.56. The van der Waals surface area contributed by atoms with Crippen molar-refractivity contribution < 1.29 is 19.5 Å². The Labute approximate surface area is 182 Å². The first-order chi connectivity index (χ1) is 14.7. The second kappa shape index (κ2) is 9.26. The number of carbonyl (C=O) groups excluding carboxylic acids is 2. The molecule has 0 fully saturated rings. The molecule has 3 rings (SSSR count). The van der Waals surface area contributed by atoms with Gasteiger partial charge in [0.1, 0.15) is 0 Å². The molecule has 2 aromatic carbocycles. The summed E-state index contributed by atoms with van der Waals surface area (Å²) in [6.45, 7) is 0. The fourth-order valence-electron chi connectivity index (χ4n) is 2.84. The molecule has 0 aliphatic carbocycles. The molecule has 0 aliphatic rings. The number of hydrogen-bond donors (Lipinski definition) is 3. The molecule has 3 aromatic rings. The third kappa shape index (κ3) is 5.37. The van der Waals surface area contributed by atoms with Gasteiger partial charge in [-0.05, 0) is 24.3 Å². The van der Waals surface area contributed by atoms with Crippen molar-refractivity contribution >= 4 is 46.4 Å². The van der Waals surface area contributed by atoms with Crippen LogP contribution in [0.3, 0.4) is 0 Å². The number of hydrogen-bond acceptors (Lipinski definition) is 6. The van der Waals surface area contributed by atoms with Crippen LogP contribution in [-0.2, 0) is 4.79 Å². The van der Waals surface area contributed by atoms with Crippen LogP contribution in [0, 0.1) is 0 Å².